The summed E-state index contributed by atoms with van der Waals surface area (Å²) < 4.78 is 4.87. The number of aromatic nitrogens is 1. The summed E-state index contributed by atoms with van der Waals surface area (Å²) in [6.07, 6.45) is 1.90. The molecule has 0 N–H and O–H groups in total. The van der Waals surface area contributed by atoms with Crippen LogP contribution < -0.4 is 0 Å². The van der Waals surface area contributed by atoms with Gasteiger partial charge in [-0.3, -0.25) is 0 Å². The Bertz CT molecular complexity index is 245. The Kier molecular flexibility index (Phi) is 25.9. The first-order valence-electron chi connectivity index (χ1n) is 2.28. The van der Waals surface area contributed by atoms with Gasteiger partial charge in [0.25, 0.3) is 0 Å². The van der Waals surface area contributed by atoms with Gasteiger partial charge >= 0.3 is 0 Å². The largest absolute Gasteiger partial charge is 0.248 e. The van der Waals surface area contributed by atoms with E-state index < -0.39 is 0 Å². The van der Waals surface area contributed by atoms with Gasteiger partial charge in [-0.15, -0.1) is 0 Å². The van der Waals surface area contributed by atoms with Gasteiger partial charge < -0.3 is 0 Å². The molecule has 1 heterocycles. The van der Waals surface area contributed by atoms with E-state index in [0.717, 1.165) is 3.70 Å². The van der Waals surface area contributed by atoms with Gasteiger partial charge in [-0.1, -0.05) is 0 Å². The SMILES string of the molecule is Ic1cnc(I)c(I)c1I.[Cu].[Cu].[Cu].[Cu]. The minimum absolute atomic E-state index is 0. The third-order valence-corrected chi connectivity index (χ3v) is 7.78. The summed E-state index contributed by atoms with van der Waals surface area (Å²) in [7, 11) is 0. The van der Waals surface area contributed by atoms with E-state index in [9.17, 15) is 0 Å². The second-order valence-electron chi connectivity index (χ2n) is 1.52. The average Bonchev–Trinajstić information content (AvgIpc) is 1.93. The van der Waals surface area contributed by atoms with Gasteiger partial charge in [0, 0.05) is 81.6 Å². The minimum Gasteiger partial charge on any atom is -0.248 e. The summed E-state index contributed by atoms with van der Waals surface area (Å²) >= 11 is 9.18. The van der Waals surface area contributed by atoms with Crippen molar-refractivity contribution in [3.63, 3.8) is 0 Å². The minimum atomic E-state index is 0. The van der Waals surface area contributed by atoms with Gasteiger partial charge in [0.1, 0.15) is 3.70 Å². The van der Waals surface area contributed by atoms with Crippen LogP contribution in [0.2, 0.25) is 0 Å². The van der Waals surface area contributed by atoms with E-state index in [0.29, 0.717) is 0 Å². The van der Waals surface area contributed by atoms with E-state index in [2.05, 4.69) is 95.3 Å². The topological polar surface area (TPSA) is 12.9 Å². The van der Waals surface area contributed by atoms with Gasteiger partial charge in [0.15, 0.2) is 0 Å². The van der Waals surface area contributed by atoms with Gasteiger partial charge in [0.2, 0.25) is 0 Å². The van der Waals surface area contributed by atoms with Gasteiger partial charge in [0.05, 0.1) is 3.57 Å². The fourth-order valence-electron chi connectivity index (χ4n) is 0.422. The summed E-state index contributed by atoms with van der Waals surface area (Å²) in [5, 5.41) is 0. The molecular formula is C5HCu4I4N. The van der Waals surface area contributed by atoms with Crippen molar-refractivity contribution in [2.24, 2.45) is 0 Å². The number of rotatable bonds is 0. The quantitative estimate of drug-likeness (QED) is 0.222. The maximum atomic E-state index is 4.21. The van der Waals surface area contributed by atoms with Crippen molar-refractivity contribution in [3.8, 4) is 0 Å². The number of nitrogens with zero attached hydrogens (tertiary/aromatic N) is 1. The molecule has 0 aliphatic heterocycles. The van der Waals surface area contributed by atoms with E-state index >= 15 is 0 Å². The molecule has 0 fully saturated rings. The summed E-state index contributed by atoms with van der Waals surface area (Å²) in [6, 6.07) is 0. The molecule has 0 saturated heterocycles. The molecule has 4 radical (unpaired) electrons. The average molecular weight is 837 g/mol. The summed E-state index contributed by atoms with van der Waals surface area (Å²) in [4.78, 5) is 4.21. The molecule has 0 aromatic carbocycles. The Morgan fingerprint density at radius 3 is 1.57 bits per heavy atom. The number of pyridine rings is 1. The van der Waals surface area contributed by atoms with Crippen molar-refractivity contribution in [1.29, 1.82) is 0 Å². The number of halogens is 4. The maximum Gasteiger partial charge on any atom is 0.115 e. The molecule has 0 unspecified atom stereocenters. The molecule has 0 aliphatic rings. The Balaban J connectivity index is -0.000000125. The predicted molar refractivity (Wildman–Crippen MR) is 75.1 cm³/mol. The third kappa shape index (κ3) is 8.28. The van der Waals surface area contributed by atoms with Crippen molar-refractivity contribution >= 4 is 90.4 Å². The van der Waals surface area contributed by atoms with E-state index in [-0.39, 0.29) is 68.3 Å². The van der Waals surface area contributed by atoms with Crippen LogP contribution in [0.15, 0.2) is 6.20 Å². The number of hydrogen-bond acceptors (Lipinski definition) is 1. The fourth-order valence-corrected chi connectivity index (χ4v) is 3.10. The molecule has 0 spiro atoms. The Morgan fingerprint density at radius 1 is 0.786 bits per heavy atom. The van der Waals surface area contributed by atoms with E-state index in [1.165, 1.54) is 10.7 Å². The maximum absolute atomic E-state index is 4.21. The Labute approximate surface area is 180 Å². The first-order valence-corrected chi connectivity index (χ1v) is 6.59. The van der Waals surface area contributed by atoms with Crippen LogP contribution in [-0.2, 0) is 68.3 Å². The van der Waals surface area contributed by atoms with Crippen molar-refractivity contribution in [1.82, 2.24) is 4.98 Å². The van der Waals surface area contributed by atoms with Gasteiger partial charge in [-0.05, 0) is 90.4 Å². The molecule has 0 bridgehead atoms. The van der Waals surface area contributed by atoms with Crippen molar-refractivity contribution in [2.75, 3.05) is 0 Å². The van der Waals surface area contributed by atoms with E-state index in [4.69, 9.17) is 0 Å². The first-order chi connectivity index (χ1) is 4.63. The fraction of sp³-hybridized carbons (Fsp3) is 0. The summed E-state index contributed by atoms with van der Waals surface area (Å²) in [5.41, 5.74) is 0. The van der Waals surface area contributed by atoms with Gasteiger partial charge in [-0.2, -0.15) is 0 Å². The van der Waals surface area contributed by atoms with Crippen LogP contribution in [0, 0.1) is 14.4 Å². The van der Waals surface area contributed by atoms with Crippen LogP contribution in [-0.4, -0.2) is 4.98 Å². The van der Waals surface area contributed by atoms with Crippen LogP contribution in [0.5, 0.6) is 0 Å². The molecule has 1 aromatic rings. The van der Waals surface area contributed by atoms with Crippen molar-refractivity contribution < 1.29 is 68.3 Å². The molecule has 1 rings (SSSR count). The molecule has 0 amide bonds. The van der Waals surface area contributed by atoms with E-state index in [1.807, 2.05) is 6.20 Å². The molecule has 9 heteroatoms. The third-order valence-electron chi connectivity index (χ3n) is 0.875. The van der Waals surface area contributed by atoms with E-state index in [1.54, 1.807) is 0 Å². The van der Waals surface area contributed by atoms with Crippen molar-refractivity contribution in [2.45, 2.75) is 0 Å². The van der Waals surface area contributed by atoms with Gasteiger partial charge in [-0.25, -0.2) is 4.98 Å². The monoisotopic (exact) mass is 834 g/mol. The van der Waals surface area contributed by atoms with Crippen molar-refractivity contribution in [3.05, 3.63) is 20.6 Å². The van der Waals surface area contributed by atoms with Crippen LogP contribution in [0.3, 0.4) is 0 Å². The van der Waals surface area contributed by atoms with Crippen LogP contribution >= 0.6 is 90.4 Å². The molecule has 0 aliphatic carbocycles. The second kappa shape index (κ2) is 13.6. The predicted octanol–water partition coefficient (Wildman–Crippen LogP) is 3.49. The van der Waals surface area contributed by atoms with Crippen LogP contribution in [0.4, 0.5) is 0 Å². The molecular weight excluding hydrogens is 836 g/mol. The van der Waals surface area contributed by atoms with Crippen LogP contribution in [0.25, 0.3) is 0 Å². The summed E-state index contributed by atoms with van der Waals surface area (Å²) in [6.45, 7) is 0. The Hall–Kier alpha value is 4.15. The smallest absolute Gasteiger partial charge is 0.115 e. The van der Waals surface area contributed by atoms with Crippen LogP contribution in [0.1, 0.15) is 0 Å². The Morgan fingerprint density at radius 2 is 1.21 bits per heavy atom. The first kappa shape index (κ1) is 26.7. The summed E-state index contributed by atoms with van der Waals surface area (Å²) in [5.74, 6) is 0. The zero-order valence-electron chi connectivity index (χ0n) is 5.74. The molecule has 14 heavy (non-hydrogen) atoms. The zero-order valence-corrected chi connectivity index (χ0v) is 18.1. The second-order valence-corrected chi connectivity index (χ2v) is 5.87. The molecule has 0 atom stereocenters. The molecule has 1 aromatic heterocycles. The molecule has 1 nitrogen and oxygen atoms in total. The number of hydrogen-bond donors (Lipinski definition) is 0. The molecule has 98 valence electrons. The zero-order chi connectivity index (χ0) is 7.72. The molecule has 0 saturated carbocycles. The normalized spacial score (nSPS) is 7.14. The standard InChI is InChI=1S/C5HI4N.4Cu/c6-2-1-10-5(9)4(8)3(2)7;;;;/h1H;;;;.